The van der Waals surface area contributed by atoms with Crippen LogP contribution in [0.1, 0.15) is 5.82 Å². The molecule has 3 nitrogen and oxygen atoms in total. The molecular weight excluding hydrogens is 138 g/mol. The molecule has 0 fully saturated rings. The van der Waals surface area contributed by atoms with Gasteiger partial charge in [0, 0.05) is 17.8 Å². The van der Waals surface area contributed by atoms with Crippen molar-refractivity contribution in [1.29, 1.82) is 0 Å². The van der Waals surface area contributed by atoms with Crippen LogP contribution >= 0.6 is 0 Å². The first-order chi connectivity index (χ1) is 5.40. The van der Waals surface area contributed by atoms with Crippen LogP contribution in [0.4, 0.5) is 0 Å². The molecule has 0 saturated heterocycles. The van der Waals surface area contributed by atoms with E-state index in [1.807, 2.05) is 12.3 Å². The number of hydrogen-bond donors (Lipinski definition) is 1. The lowest BCUT2D eigenvalue weighted by molar-refractivity contribution is 1.17. The van der Waals surface area contributed by atoms with Gasteiger partial charge in [-0.1, -0.05) is 6.58 Å². The van der Waals surface area contributed by atoms with Crippen molar-refractivity contribution < 1.29 is 0 Å². The lowest BCUT2D eigenvalue weighted by Gasteiger charge is -1.90. The third-order valence-electron chi connectivity index (χ3n) is 1.50. The molecule has 0 amide bonds. The zero-order chi connectivity index (χ0) is 7.68. The molecule has 0 unspecified atom stereocenters. The Balaban J connectivity index is 2.76. The second kappa shape index (κ2) is 2.20. The van der Waals surface area contributed by atoms with Gasteiger partial charge in [-0.15, -0.1) is 0 Å². The van der Waals surface area contributed by atoms with Crippen molar-refractivity contribution in [3.63, 3.8) is 0 Å². The van der Waals surface area contributed by atoms with Crippen molar-refractivity contribution in [2.45, 2.75) is 0 Å². The first kappa shape index (κ1) is 6.09. The Morgan fingerprint density at radius 2 is 2.45 bits per heavy atom. The molecular formula is C8H7N3. The van der Waals surface area contributed by atoms with Crippen LogP contribution in [0.15, 0.2) is 25.0 Å². The van der Waals surface area contributed by atoms with E-state index in [4.69, 9.17) is 0 Å². The van der Waals surface area contributed by atoms with E-state index < -0.39 is 0 Å². The van der Waals surface area contributed by atoms with Gasteiger partial charge in [0.2, 0.25) is 0 Å². The van der Waals surface area contributed by atoms with E-state index in [0.29, 0.717) is 5.82 Å². The molecule has 2 aromatic rings. The van der Waals surface area contributed by atoms with Crippen molar-refractivity contribution in [3.8, 4) is 0 Å². The number of rotatable bonds is 1. The highest BCUT2D eigenvalue weighted by molar-refractivity contribution is 5.74. The van der Waals surface area contributed by atoms with Crippen LogP contribution in [0.5, 0.6) is 0 Å². The molecule has 2 heterocycles. The Hall–Kier alpha value is -1.64. The smallest absolute Gasteiger partial charge is 0.153 e. The van der Waals surface area contributed by atoms with Crippen LogP contribution in [0.2, 0.25) is 0 Å². The van der Waals surface area contributed by atoms with E-state index in [-0.39, 0.29) is 0 Å². The van der Waals surface area contributed by atoms with E-state index in [2.05, 4.69) is 21.5 Å². The number of aromatic nitrogens is 3. The van der Waals surface area contributed by atoms with Gasteiger partial charge in [-0.3, -0.25) is 0 Å². The van der Waals surface area contributed by atoms with E-state index >= 15 is 0 Å². The summed E-state index contributed by atoms with van der Waals surface area (Å²) in [5, 5.41) is 1.02. The Morgan fingerprint density at radius 3 is 3.27 bits per heavy atom. The maximum atomic E-state index is 4.17. The summed E-state index contributed by atoms with van der Waals surface area (Å²) in [6.07, 6.45) is 5.24. The molecule has 0 aliphatic heterocycles. The minimum absolute atomic E-state index is 0.653. The molecule has 0 saturated carbocycles. The monoisotopic (exact) mass is 145 g/mol. The van der Waals surface area contributed by atoms with Gasteiger partial charge in [-0.2, -0.15) is 0 Å². The number of nitrogens with zero attached hydrogens (tertiary/aromatic N) is 2. The summed E-state index contributed by atoms with van der Waals surface area (Å²) >= 11 is 0. The van der Waals surface area contributed by atoms with Gasteiger partial charge in [0.15, 0.2) is 5.82 Å². The quantitative estimate of drug-likeness (QED) is 0.662. The van der Waals surface area contributed by atoms with E-state index in [0.717, 1.165) is 11.0 Å². The van der Waals surface area contributed by atoms with Gasteiger partial charge in [0.1, 0.15) is 5.65 Å². The molecule has 54 valence electrons. The van der Waals surface area contributed by atoms with E-state index in [9.17, 15) is 0 Å². The molecule has 1 N–H and O–H groups in total. The van der Waals surface area contributed by atoms with Crippen LogP contribution < -0.4 is 0 Å². The van der Waals surface area contributed by atoms with Crippen LogP contribution in [0.3, 0.4) is 0 Å². The van der Waals surface area contributed by atoms with Gasteiger partial charge >= 0.3 is 0 Å². The maximum Gasteiger partial charge on any atom is 0.153 e. The van der Waals surface area contributed by atoms with Crippen molar-refractivity contribution in [2.24, 2.45) is 0 Å². The molecule has 2 rings (SSSR count). The standard InChI is InChI=1S/C8H7N3/c1-2-7-10-5-6-3-4-9-8(6)11-7/h2-5H,1H2,(H,9,10,11). The lowest BCUT2D eigenvalue weighted by atomic mass is 10.4. The second-order valence-corrected chi connectivity index (χ2v) is 2.21. The normalized spacial score (nSPS) is 10.2. The van der Waals surface area contributed by atoms with Gasteiger partial charge in [-0.05, 0) is 12.1 Å². The summed E-state index contributed by atoms with van der Waals surface area (Å²) in [6.45, 7) is 3.58. The van der Waals surface area contributed by atoms with Crippen molar-refractivity contribution in [3.05, 3.63) is 30.9 Å². The molecule has 11 heavy (non-hydrogen) atoms. The number of nitrogens with one attached hydrogen (secondary N) is 1. The molecule has 0 bridgehead atoms. The molecule has 3 heteroatoms. The fourth-order valence-electron chi connectivity index (χ4n) is 0.951. The minimum Gasteiger partial charge on any atom is -0.346 e. The van der Waals surface area contributed by atoms with Crippen LogP contribution in [-0.2, 0) is 0 Å². The van der Waals surface area contributed by atoms with Gasteiger partial charge in [-0.25, -0.2) is 9.97 Å². The Morgan fingerprint density at radius 1 is 1.55 bits per heavy atom. The average Bonchev–Trinajstić information content (AvgIpc) is 2.50. The molecule has 0 radical (unpaired) electrons. The summed E-state index contributed by atoms with van der Waals surface area (Å²) in [5.74, 6) is 0.653. The third kappa shape index (κ3) is 0.902. The fraction of sp³-hybridized carbons (Fsp3) is 0. The van der Waals surface area contributed by atoms with Crippen molar-refractivity contribution in [2.75, 3.05) is 0 Å². The Bertz CT molecular complexity index is 389. The summed E-state index contributed by atoms with van der Waals surface area (Å²) in [6, 6.07) is 1.93. The van der Waals surface area contributed by atoms with E-state index in [1.165, 1.54) is 0 Å². The molecule has 0 aromatic carbocycles. The highest BCUT2D eigenvalue weighted by atomic mass is 14.9. The van der Waals surface area contributed by atoms with Gasteiger partial charge < -0.3 is 4.98 Å². The SMILES string of the molecule is C=Cc1ncc2cc[nH]c2n1. The second-order valence-electron chi connectivity index (χ2n) is 2.21. The molecule has 0 aliphatic rings. The van der Waals surface area contributed by atoms with Crippen molar-refractivity contribution in [1.82, 2.24) is 15.0 Å². The largest absolute Gasteiger partial charge is 0.346 e. The van der Waals surface area contributed by atoms with Gasteiger partial charge in [0.05, 0.1) is 0 Å². The number of H-pyrrole nitrogens is 1. The predicted molar refractivity (Wildman–Crippen MR) is 44.0 cm³/mol. The summed E-state index contributed by atoms with van der Waals surface area (Å²) < 4.78 is 0. The van der Waals surface area contributed by atoms with Crippen LogP contribution in [0, 0.1) is 0 Å². The predicted octanol–water partition coefficient (Wildman–Crippen LogP) is 1.60. The van der Waals surface area contributed by atoms with Gasteiger partial charge in [0.25, 0.3) is 0 Å². The average molecular weight is 145 g/mol. The highest BCUT2D eigenvalue weighted by Gasteiger charge is 1.95. The highest BCUT2D eigenvalue weighted by Crippen LogP contribution is 2.07. The molecule has 0 aliphatic carbocycles. The molecule has 2 aromatic heterocycles. The van der Waals surface area contributed by atoms with Crippen molar-refractivity contribution >= 4 is 17.1 Å². The first-order valence-corrected chi connectivity index (χ1v) is 3.33. The van der Waals surface area contributed by atoms with Crippen LogP contribution in [0.25, 0.3) is 17.1 Å². The number of fused-ring (bicyclic) bond motifs is 1. The topological polar surface area (TPSA) is 41.6 Å². The number of aromatic amines is 1. The van der Waals surface area contributed by atoms with E-state index in [1.54, 1.807) is 12.3 Å². The summed E-state index contributed by atoms with van der Waals surface area (Å²) in [5.41, 5.74) is 0.856. The minimum atomic E-state index is 0.653. The zero-order valence-electron chi connectivity index (χ0n) is 5.91. The Kier molecular flexibility index (Phi) is 1.22. The number of hydrogen-bond acceptors (Lipinski definition) is 2. The third-order valence-corrected chi connectivity index (χ3v) is 1.50. The maximum absolute atomic E-state index is 4.17. The fourth-order valence-corrected chi connectivity index (χ4v) is 0.951. The first-order valence-electron chi connectivity index (χ1n) is 3.33. The lowest BCUT2D eigenvalue weighted by Crippen LogP contribution is -1.85. The zero-order valence-corrected chi connectivity index (χ0v) is 5.91. The Labute approximate surface area is 63.8 Å². The summed E-state index contributed by atoms with van der Waals surface area (Å²) in [4.78, 5) is 11.2. The molecule has 0 atom stereocenters. The van der Waals surface area contributed by atoms with Crippen LogP contribution in [-0.4, -0.2) is 15.0 Å². The molecule has 0 spiro atoms. The summed E-state index contributed by atoms with van der Waals surface area (Å²) in [7, 11) is 0.